The highest BCUT2D eigenvalue weighted by atomic mass is 127. The van der Waals surface area contributed by atoms with Gasteiger partial charge in [-0.3, -0.25) is 4.79 Å². The predicted octanol–water partition coefficient (Wildman–Crippen LogP) is 2.78. The first-order chi connectivity index (χ1) is 7.65. The van der Waals surface area contributed by atoms with Crippen LogP contribution < -0.4 is 11.1 Å². The number of carbonyl (C=O) groups is 1. The smallest absolute Gasteiger partial charge is 0.227 e. The second kappa shape index (κ2) is 6.56. The van der Waals surface area contributed by atoms with E-state index in [4.69, 9.17) is 5.73 Å². The lowest BCUT2D eigenvalue weighted by Crippen LogP contribution is -2.23. The number of hydrogen-bond acceptors (Lipinski definition) is 2. The Balaban J connectivity index is 0.00000144. The molecular weight excluding hydrogens is 351 g/mol. The van der Waals surface area contributed by atoms with Gasteiger partial charge in [0.25, 0.3) is 0 Å². The van der Waals surface area contributed by atoms with E-state index in [9.17, 15) is 4.79 Å². The van der Waals surface area contributed by atoms with Gasteiger partial charge < -0.3 is 11.1 Å². The van der Waals surface area contributed by atoms with Crippen LogP contribution in [0.1, 0.15) is 19.3 Å². The van der Waals surface area contributed by atoms with Crippen LogP contribution in [0.15, 0.2) is 24.3 Å². The molecule has 0 radical (unpaired) electrons. The summed E-state index contributed by atoms with van der Waals surface area (Å²) < 4.78 is 1.17. The molecule has 0 bridgehead atoms. The van der Waals surface area contributed by atoms with E-state index in [0.29, 0.717) is 0 Å². The number of halogens is 2. The van der Waals surface area contributed by atoms with E-state index in [1.165, 1.54) is 3.57 Å². The zero-order valence-corrected chi connectivity index (χ0v) is 12.3. The van der Waals surface area contributed by atoms with Gasteiger partial charge in [0.05, 0.1) is 0 Å². The van der Waals surface area contributed by atoms with E-state index in [0.717, 1.165) is 24.9 Å². The van der Waals surface area contributed by atoms with Crippen molar-refractivity contribution in [2.24, 2.45) is 11.7 Å². The van der Waals surface area contributed by atoms with Crippen molar-refractivity contribution in [3.63, 3.8) is 0 Å². The molecule has 17 heavy (non-hydrogen) atoms. The summed E-state index contributed by atoms with van der Waals surface area (Å²) in [7, 11) is 0. The summed E-state index contributed by atoms with van der Waals surface area (Å²) in [5, 5.41) is 2.93. The minimum atomic E-state index is 0. The topological polar surface area (TPSA) is 55.1 Å². The van der Waals surface area contributed by atoms with Crippen LogP contribution in [-0.4, -0.2) is 11.9 Å². The Morgan fingerprint density at radius 3 is 2.47 bits per heavy atom. The van der Waals surface area contributed by atoms with Crippen LogP contribution in [0.2, 0.25) is 0 Å². The molecule has 1 aliphatic carbocycles. The van der Waals surface area contributed by atoms with Crippen molar-refractivity contribution in [3.8, 4) is 0 Å². The van der Waals surface area contributed by atoms with Crippen LogP contribution in [-0.2, 0) is 4.79 Å². The molecule has 1 fully saturated rings. The number of rotatable bonds is 2. The maximum atomic E-state index is 11.9. The molecule has 94 valence electrons. The van der Waals surface area contributed by atoms with Crippen LogP contribution in [0.3, 0.4) is 0 Å². The number of nitrogens with two attached hydrogens (primary N) is 1. The quantitative estimate of drug-likeness (QED) is 0.791. The summed E-state index contributed by atoms with van der Waals surface area (Å²) in [4.78, 5) is 11.9. The Morgan fingerprint density at radius 1 is 1.29 bits per heavy atom. The van der Waals surface area contributed by atoms with Gasteiger partial charge >= 0.3 is 0 Å². The first-order valence-electron chi connectivity index (χ1n) is 5.47. The Bertz CT molecular complexity index is 383. The molecule has 1 aromatic rings. The van der Waals surface area contributed by atoms with Crippen molar-refractivity contribution < 1.29 is 4.79 Å². The standard InChI is InChI=1S/C12H15IN2O.ClH/c13-9-2-5-11(6-3-9)15-12(16)8-1-4-10(14)7-8;/h2-3,5-6,8,10H,1,4,7,14H2,(H,15,16);1H. The Morgan fingerprint density at radius 2 is 1.94 bits per heavy atom. The number of amides is 1. The predicted molar refractivity (Wildman–Crippen MR) is 80.4 cm³/mol. The lowest BCUT2D eigenvalue weighted by molar-refractivity contribution is -0.119. The average molecular weight is 367 g/mol. The highest BCUT2D eigenvalue weighted by Crippen LogP contribution is 2.25. The summed E-state index contributed by atoms with van der Waals surface area (Å²) in [5.41, 5.74) is 6.66. The average Bonchev–Trinajstić information content (AvgIpc) is 2.68. The number of hydrogen-bond donors (Lipinski definition) is 2. The molecule has 0 aromatic heterocycles. The third kappa shape index (κ3) is 4.12. The van der Waals surface area contributed by atoms with E-state index >= 15 is 0 Å². The van der Waals surface area contributed by atoms with E-state index < -0.39 is 0 Å². The summed E-state index contributed by atoms with van der Waals surface area (Å²) in [6, 6.07) is 8.02. The normalized spacial score (nSPS) is 22.9. The number of carbonyl (C=O) groups excluding carboxylic acids is 1. The monoisotopic (exact) mass is 366 g/mol. The summed E-state index contributed by atoms with van der Waals surface area (Å²) in [6.45, 7) is 0. The number of nitrogens with one attached hydrogen (secondary N) is 1. The SMILES string of the molecule is Cl.NC1CCC(C(=O)Nc2ccc(I)cc2)C1. The highest BCUT2D eigenvalue weighted by Gasteiger charge is 2.27. The molecule has 2 unspecified atom stereocenters. The summed E-state index contributed by atoms with van der Waals surface area (Å²) in [5.74, 6) is 0.198. The maximum Gasteiger partial charge on any atom is 0.227 e. The molecule has 2 rings (SSSR count). The molecule has 3 N–H and O–H groups in total. The third-order valence-corrected chi connectivity index (χ3v) is 3.67. The molecule has 1 saturated carbocycles. The Hall–Kier alpha value is -0.330. The van der Waals surface area contributed by atoms with Gasteiger partial charge in [-0.2, -0.15) is 0 Å². The fraction of sp³-hybridized carbons (Fsp3) is 0.417. The third-order valence-electron chi connectivity index (χ3n) is 2.96. The van der Waals surface area contributed by atoms with Crippen LogP contribution in [0, 0.1) is 9.49 Å². The van der Waals surface area contributed by atoms with E-state index in [1.807, 2.05) is 24.3 Å². The van der Waals surface area contributed by atoms with Gasteiger partial charge in [0, 0.05) is 21.2 Å². The largest absolute Gasteiger partial charge is 0.328 e. The molecule has 5 heteroatoms. The fourth-order valence-corrected chi connectivity index (χ4v) is 2.39. The minimum absolute atomic E-state index is 0. The highest BCUT2D eigenvalue weighted by molar-refractivity contribution is 14.1. The van der Waals surface area contributed by atoms with E-state index in [1.54, 1.807) is 0 Å². The molecule has 1 aromatic carbocycles. The van der Waals surface area contributed by atoms with E-state index in [2.05, 4.69) is 27.9 Å². The van der Waals surface area contributed by atoms with Gasteiger partial charge in [-0.05, 0) is 66.1 Å². The van der Waals surface area contributed by atoms with Gasteiger partial charge in [-0.1, -0.05) is 0 Å². The van der Waals surface area contributed by atoms with Crippen molar-refractivity contribution >= 4 is 46.6 Å². The number of anilines is 1. The van der Waals surface area contributed by atoms with E-state index in [-0.39, 0.29) is 30.3 Å². The molecule has 1 amide bonds. The van der Waals surface area contributed by atoms with Crippen LogP contribution in [0.4, 0.5) is 5.69 Å². The van der Waals surface area contributed by atoms with Crippen molar-refractivity contribution in [2.45, 2.75) is 25.3 Å². The zero-order chi connectivity index (χ0) is 11.5. The van der Waals surface area contributed by atoms with Crippen molar-refractivity contribution in [1.82, 2.24) is 0 Å². The molecular formula is C12H16ClIN2O. The van der Waals surface area contributed by atoms with Gasteiger partial charge in [0.1, 0.15) is 0 Å². The van der Waals surface area contributed by atoms with Crippen molar-refractivity contribution in [1.29, 1.82) is 0 Å². The van der Waals surface area contributed by atoms with Gasteiger partial charge in [-0.25, -0.2) is 0 Å². The molecule has 0 saturated heterocycles. The van der Waals surface area contributed by atoms with Crippen LogP contribution >= 0.6 is 35.0 Å². The van der Waals surface area contributed by atoms with Gasteiger partial charge in [-0.15, -0.1) is 12.4 Å². The summed E-state index contributed by atoms with van der Waals surface area (Å²) in [6.07, 6.45) is 2.69. The maximum absolute atomic E-state index is 11.9. The molecule has 1 aliphatic rings. The molecule has 0 spiro atoms. The molecule has 3 nitrogen and oxygen atoms in total. The van der Waals surface area contributed by atoms with Crippen molar-refractivity contribution in [2.75, 3.05) is 5.32 Å². The van der Waals surface area contributed by atoms with Crippen molar-refractivity contribution in [3.05, 3.63) is 27.8 Å². The number of benzene rings is 1. The Kier molecular flexibility index (Phi) is 5.69. The summed E-state index contributed by atoms with van der Waals surface area (Å²) >= 11 is 2.24. The lowest BCUT2D eigenvalue weighted by Gasteiger charge is -2.10. The molecule has 0 aliphatic heterocycles. The van der Waals surface area contributed by atoms with Gasteiger partial charge in [0.15, 0.2) is 0 Å². The first kappa shape index (κ1) is 14.7. The fourth-order valence-electron chi connectivity index (χ4n) is 2.03. The van der Waals surface area contributed by atoms with Crippen LogP contribution in [0.5, 0.6) is 0 Å². The zero-order valence-electron chi connectivity index (χ0n) is 9.36. The Labute approximate surface area is 121 Å². The van der Waals surface area contributed by atoms with Gasteiger partial charge in [0.2, 0.25) is 5.91 Å². The first-order valence-corrected chi connectivity index (χ1v) is 6.55. The molecule has 2 atom stereocenters. The minimum Gasteiger partial charge on any atom is -0.328 e. The second-order valence-corrected chi connectivity index (χ2v) is 5.51. The second-order valence-electron chi connectivity index (χ2n) is 4.27. The molecule has 0 heterocycles. The van der Waals surface area contributed by atoms with Crippen LogP contribution in [0.25, 0.3) is 0 Å². The lowest BCUT2D eigenvalue weighted by atomic mass is 10.1.